The monoisotopic (exact) mass is 560 g/mol. The highest BCUT2D eigenvalue weighted by molar-refractivity contribution is 6.20. The summed E-state index contributed by atoms with van der Waals surface area (Å²) in [5.74, 6) is 0. The molecule has 7 aromatic rings. The molecule has 1 aliphatic heterocycles. The topological polar surface area (TPSA) is 15.3 Å². The Kier molecular flexibility index (Phi) is 4.86. The van der Waals surface area contributed by atoms with Crippen molar-refractivity contribution in [1.29, 1.82) is 0 Å². The van der Waals surface area contributed by atoms with Crippen LogP contribution in [0.25, 0.3) is 55.3 Å². The van der Waals surface area contributed by atoms with E-state index in [1.54, 1.807) is 0 Å². The molecule has 0 bridgehead atoms. The van der Waals surface area contributed by atoms with Crippen molar-refractivity contribution in [3.05, 3.63) is 162 Å². The third-order valence-electron chi connectivity index (χ3n) is 9.82. The number of hydrogen-bond acceptors (Lipinski definition) is 2. The standard InChI is InChI=1S/C42H28N2/c1-2-10-31(11-3-1)44-39-16-7-6-15-38(39)43-42(44)27-19-17-26(18-20-27)28-21-22-33-36(24-28)34-13-8-14-35-40-30(25-37(33)41(34)35)23-29-9-4-5-12-32(29)40/h1-22,24-25,42-43H,23H2. The van der Waals surface area contributed by atoms with Crippen LogP contribution in [0.15, 0.2) is 146 Å². The van der Waals surface area contributed by atoms with E-state index in [2.05, 4.69) is 156 Å². The molecule has 0 saturated carbocycles. The van der Waals surface area contributed by atoms with Gasteiger partial charge in [-0.15, -0.1) is 0 Å². The van der Waals surface area contributed by atoms with Crippen LogP contribution in [-0.2, 0) is 6.42 Å². The zero-order chi connectivity index (χ0) is 28.8. The van der Waals surface area contributed by atoms with Crippen molar-refractivity contribution < 1.29 is 0 Å². The molecule has 2 heteroatoms. The minimum absolute atomic E-state index is 0.0306. The molecule has 0 saturated heterocycles. The molecule has 44 heavy (non-hydrogen) atoms. The van der Waals surface area contributed by atoms with Crippen LogP contribution in [-0.4, -0.2) is 0 Å². The fraction of sp³-hybridized carbons (Fsp3) is 0.0476. The predicted molar refractivity (Wildman–Crippen MR) is 183 cm³/mol. The molecule has 3 aliphatic rings. The molecule has 2 nitrogen and oxygen atoms in total. The van der Waals surface area contributed by atoms with Crippen molar-refractivity contribution in [3.63, 3.8) is 0 Å². The summed E-state index contributed by atoms with van der Waals surface area (Å²) in [5, 5.41) is 6.55. The molecule has 0 radical (unpaired) electrons. The summed E-state index contributed by atoms with van der Waals surface area (Å²) in [6.07, 6.45) is 1.05. The number of para-hydroxylation sites is 3. The third-order valence-corrected chi connectivity index (χ3v) is 9.82. The van der Waals surface area contributed by atoms with Gasteiger partial charge in [0.15, 0.2) is 0 Å². The lowest BCUT2D eigenvalue weighted by molar-refractivity contribution is 0.828. The number of nitrogens with zero attached hydrogens (tertiary/aromatic N) is 1. The van der Waals surface area contributed by atoms with Crippen LogP contribution in [0.3, 0.4) is 0 Å². The summed E-state index contributed by atoms with van der Waals surface area (Å²) < 4.78 is 0. The van der Waals surface area contributed by atoms with Gasteiger partial charge in [-0.2, -0.15) is 0 Å². The molecular weight excluding hydrogens is 532 g/mol. The predicted octanol–water partition coefficient (Wildman–Crippen LogP) is 11.0. The maximum absolute atomic E-state index is 3.76. The van der Waals surface area contributed by atoms with Crippen molar-refractivity contribution in [3.8, 4) is 44.5 Å². The van der Waals surface area contributed by atoms with Crippen molar-refractivity contribution in [2.45, 2.75) is 12.6 Å². The van der Waals surface area contributed by atoms with Crippen LogP contribution in [0.2, 0.25) is 0 Å². The first-order valence-electron chi connectivity index (χ1n) is 15.4. The van der Waals surface area contributed by atoms with Crippen molar-refractivity contribution >= 4 is 27.8 Å². The molecule has 206 valence electrons. The van der Waals surface area contributed by atoms with Gasteiger partial charge in [0.2, 0.25) is 0 Å². The summed E-state index contributed by atoms with van der Waals surface area (Å²) >= 11 is 0. The molecule has 0 aromatic heterocycles. The van der Waals surface area contributed by atoms with Gasteiger partial charge < -0.3 is 10.2 Å². The van der Waals surface area contributed by atoms with E-state index in [-0.39, 0.29) is 6.17 Å². The Balaban J connectivity index is 1.03. The fourth-order valence-electron chi connectivity index (χ4n) is 7.87. The average molecular weight is 561 g/mol. The second-order valence-electron chi connectivity index (χ2n) is 12.2. The van der Waals surface area contributed by atoms with Gasteiger partial charge in [-0.1, -0.05) is 109 Å². The van der Waals surface area contributed by atoms with Gasteiger partial charge in [0.25, 0.3) is 0 Å². The molecule has 10 rings (SSSR count). The highest BCUT2D eigenvalue weighted by Crippen LogP contribution is 2.53. The Bertz CT molecular complexity index is 2280. The number of fused-ring (bicyclic) bond motifs is 8. The molecule has 7 aromatic carbocycles. The Morgan fingerprint density at radius 1 is 0.523 bits per heavy atom. The summed E-state index contributed by atoms with van der Waals surface area (Å²) in [5.41, 5.74) is 18.4. The van der Waals surface area contributed by atoms with E-state index in [9.17, 15) is 0 Å². The Morgan fingerprint density at radius 3 is 2.20 bits per heavy atom. The summed E-state index contributed by atoms with van der Waals surface area (Å²) in [7, 11) is 0. The molecule has 1 unspecified atom stereocenters. The highest BCUT2D eigenvalue weighted by Gasteiger charge is 2.31. The number of anilines is 3. The first-order chi connectivity index (χ1) is 21.8. The number of rotatable bonds is 3. The van der Waals surface area contributed by atoms with E-state index in [4.69, 9.17) is 0 Å². The summed E-state index contributed by atoms with van der Waals surface area (Å²) in [4.78, 5) is 2.40. The average Bonchev–Trinajstić information content (AvgIpc) is 3.76. The first-order valence-corrected chi connectivity index (χ1v) is 15.4. The maximum atomic E-state index is 3.76. The molecule has 1 N–H and O–H groups in total. The van der Waals surface area contributed by atoms with Crippen LogP contribution in [0.1, 0.15) is 22.9 Å². The Hall–Kier alpha value is -5.60. The van der Waals surface area contributed by atoms with Gasteiger partial charge in [0, 0.05) is 5.69 Å². The van der Waals surface area contributed by atoms with Gasteiger partial charge >= 0.3 is 0 Å². The summed E-state index contributed by atoms with van der Waals surface area (Å²) in [6, 6.07) is 53.6. The molecular formula is C42H28N2. The van der Waals surface area contributed by atoms with Crippen LogP contribution in [0.5, 0.6) is 0 Å². The normalized spacial score (nSPS) is 15.1. The largest absolute Gasteiger partial charge is 0.359 e. The second-order valence-corrected chi connectivity index (χ2v) is 12.2. The van der Waals surface area contributed by atoms with E-state index in [1.807, 2.05) is 0 Å². The maximum Gasteiger partial charge on any atom is 0.130 e. The van der Waals surface area contributed by atoms with Gasteiger partial charge in [-0.05, 0) is 115 Å². The summed E-state index contributed by atoms with van der Waals surface area (Å²) in [6.45, 7) is 0. The van der Waals surface area contributed by atoms with E-state index in [0.29, 0.717) is 0 Å². The smallest absolute Gasteiger partial charge is 0.130 e. The first kappa shape index (κ1) is 23.9. The zero-order valence-electron chi connectivity index (χ0n) is 24.1. The lowest BCUT2D eigenvalue weighted by Gasteiger charge is -2.27. The van der Waals surface area contributed by atoms with Crippen molar-refractivity contribution in [2.24, 2.45) is 0 Å². The van der Waals surface area contributed by atoms with E-state index in [0.717, 1.165) is 12.1 Å². The van der Waals surface area contributed by atoms with Gasteiger partial charge in [-0.3, -0.25) is 0 Å². The molecule has 0 fully saturated rings. The highest BCUT2D eigenvalue weighted by atomic mass is 15.3. The molecule has 0 spiro atoms. The molecule has 2 aliphatic carbocycles. The minimum atomic E-state index is 0.0306. The van der Waals surface area contributed by atoms with Crippen molar-refractivity contribution in [2.75, 3.05) is 10.2 Å². The lowest BCUT2D eigenvalue weighted by Crippen LogP contribution is -2.23. The molecule has 0 amide bonds. The number of nitrogens with one attached hydrogen (secondary N) is 1. The fourth-order valence-corrected chi connectivity index (χ4v) is 7.87. The lowest BCUT2D eigenvalue weighted by atomic mass is 9.93. The van der Waals surface area contributed by atoms with Crippen molar-refractivity contribution in [1.82, 2.24) is 0 Å². The van der Waals surface area contributed by atoms with E-state index < -0.39 is 0 Å². The second kappa shape index (κ2) is 8.95. The minimum Gasteiger partial charge on any atom is -0.359 e. The van der Waals surface area contributed by atoms with Crippen LogP contribution in [0, 0.1) is 0 Å². The van der Waals surface area contributed by atoms with E-state index in [1.165, 1.54) is 83.3 Å². The SMILES string of the molecule is c1ccc(N2c3ccccc3NC2c2ccc(-c3ccc4c(c3)-c3cccc5c6c(cc-4c35)Cc3ccccc3-6)cc2)cc1. The van der Waals surface area contributed by atoms with Gasteiger partial charge in [0.05, 0.1) is 11.4 Å². The molecule has 1 heterocycles. The Morgan fingerprint density at radius 2 is 1.30 bits per heavy atom. The zero-order valence-corrected chi connectivity index (χ0v) is 24.1. The van der Waals surface area contributed by atoms with Crippen LogP contribution in [0.4, 0.5) is 17.1 Å². The van der Waals surface area contributed by atoms with Crippen LogP contribution >= 0.6 is 0 Å². The molecule has 1 atom stereocenters. The van der Waals surface area contributed by atoms with E-state index >= 15 is 0 Å². The third kappa shape index (κ3) is 3.31. The quantitative estimate of drug-likeness (QED) is 0.231. The number of benzene rings is 7. The van der Waals surface area contributed by atoms with Gasteiger partial charge in [-0.25, -0.2) is 0 Å². The van der Waals surface area contributed by atoms with Gasteiger partial charge in [0.1, 0.15) is 6.17 Å². The van der Waals surface area contributed by atoms with Crippen LogP contribution < -0.4 is 10.2 Å². The number of hydrogen-bond donors (Lipinski definition) is 1. The Labute approximate surface area is 256 Å².